The fraction of sp³-hybridized carbons (Fsp3) is 0.270. The SMILES string of the molecule is CC(C)(C)c1ccnc(-c2cc(C(C)(C)C)ccn2)c1.[C-]#Cc1ccc(C)cc1.[C-]#Cc1ccc(C)cc1.[Cu+].[N-]=C=S.[Pt+2]. The number of thiocarbonyl (C=S) groups is 1. The molecule has 0 unspecified atom stereocenters. The summed E-state index contributed by atoms with van der Waals surface area (Å²) in [6, 6.07) is 23.8. The number of hydrogen-bond donors (Lipinski definition) is 0. The molecule has 0 spiro atoms. The monoisotopic (exact) mass is 814 g/mol. The summed E-state index contributed by atoms with van der Waals surface area (Å²) in [5.74, 6) is 4.61. The number of aromatic nitrogens is 2. The van der Waals surface area contributed by atoms with Crippen molar-refractivity contribution in [2.24, 2.45) is 0 Å². The molecule has 0 atom stereocenters. The van der Waals surface area contributed by atoms with E-state index in [0.29, 0.717) is 0 Å². The van der Waals surface area contributed by atoms with Crippen LogP contribution in [0.1, 0.15) is 74.9 Å². The van der Waals surface area contributed by atoms with Crippen molar-refractivity contribution < 1.29 is 38.1 Å². The van der Waals surface area contributed by atoms with Crippen LogP contribution < -0.4 is 0 Å². The van der Waals surface area contributed by atoms with Gasteiger partial charge in [-0.3, -0.25) is 21.8 Å². The fourth-order valence-corrected chi connectivity index (χ4v) is 3.35. The first-order valence-electron chi connectivity index (χ1n) is 13.2. The molecule has 228 valence electrons. The van der Waals surface area contributed by atoms with Gasteiger partial charge in [-0.1, -0.05) is 89.2 Å². The Bertz CT molecular complexity index is 1390. The number of rotatable bonds is 1. The van der Waals surface area contributed by atoms with Crippen molar-refractivity contribution in [1.82, 2.24) is 9.97 Å². The Morgan fingerprint density at radius 1 is 0.628 bits per heavy atom. The number of benzene rings is 2. The summed E-state index contributed by atoms with van der Waals surface area (Å²) in [6.07, 6.45) is 17.3. The first-order chi connectivity index (χ1) is 19.2. The Morgan fingerprint density at radius 2 is 0.907 bits per heavy atom. The minimum Gasteiger partial charge on any atom is -0.753 e. The van der Waals surface area contributed by atoms with Crippen molar-refractivity contribution in [2.75, 3.05) is 0 Å². The van der Waals surface area contributed by atoms with E-state index in [1.54, 1.807) is 0 Å². The van der Waals surface area contributed by atoms with E-state index in [0.717, 1.165) is 22.5 Å². The minimum absolute atomic E-state index is 0. The Balaban J connectivity index is 0. The van der Waals surface area contributed by atoms with E-state index in [1.165, 1.54) is 27.4 Å². The van der Waals surface area contributed by atoms with Gasteiger partial charge in [0.1, 0.15) is 0 Å². The maximum absolute atomic E-state index is 7.13. The maximum Gasteiger partial charge on any atom is 2.00 e. The molecular weight excluding hydrogens is 777 g/mol. The zero-order valence-corrected chi connectivity index (χ0v) is 30.0. The van der Waals surface area contributed by atoms with E-state index >= 15 is 0 Å². The van der Waals surface area contributed by atoms with Gasteiger partial charge in [-0.25, -0.2) is 0 Å². The van der Waals surface area contributed by atoms with E-state index in [-0.39, 0.29) is 49.0 Å². The van der Waals surface area contributed by atoms with Gasteiger partial charge < -0.3 is 18.3 Å². The minimum atomic E-state index is 0. The molecule has 0 aliphatic carbocycles. The van der Waals surface area contributed by atoms with Crippen LogP contribution in [0, 0.1) is 38.5 Å². The predicted octanol–water partition coefficient (Wildman–Crippen LogP) is 9.26. The average molecular weight is 815 g/mol. The molecule has 0 N–H and O–H groups in total. The normalized spacial score (nSPS) is 9.53. The standard InChI is InChI=1S/C18H24N2.2C9H7.CNS.Cu.Pt/c1-17(2,3)13-7-9-19-15(11-13)16-12-14(8-10-20-16)18(4,5)6;2*1-3-9-6-4-8(2)5-7-9;2-1-3;;/h7-12H,1-6H3;2*4-7H,2H3;;;/q;3*-1;+1;+2. The molecule has 4 aromatic rings. The molecule has 0 saturated heterocycles. The molecule has 2 aromatic carbocycles. The van der Waals surface area contributed by atoms with E-state index in [9.17, 15) is 0 Å². The van der Waals surface area contributed by atoms with Gasteiger partial charge in [0.05, 0.1) is 11.4 Å². The molecule has 0 bridgehead atoms. The van der Waals surface area contributed by atoms with Crippen LogP contribution in [-0.4, -0.2) is 15.1 Å². The third-order valence-electron chi connectivity index (χ3n) is 5.91. The summed E-state index contributed by atoms with van der Waals surface area (Å²) in [6.45, 7) is 17.3. The summed E-state index contributed by atoms with van der Waals surface area (Å²) in [7, 11) is 0. The third-order valence-corrected chi connectivity index (χ3v) is 5.91. The molecule has 0 aliphatic rings. The van der Waals surface area contributed by atoms with E-state index < -0.39 is 0 Å². The first kappa shape index (κ1) is 42.0. The van der Waals surface area contributed by atoms with Crippen molar-refractivity contribution in [3.63, 3.8) is 0 Å². The van der Waals surface area contributed by atoms with Gasteiger partial charge in [0, 0.05) is 12.4 Å². The molecule has 0 radical (unpaired) electrons. The summed E-state index contributed by atoms with van der Waals surface area (Å²) >= 11 is 3.70. The van der Waals surface area contributed by atoms with Crippen molar-refractivity contribution in [3.05, 3.63) is 137 Å². The van der Waals surface area contributed by atoms with Crippen LogP contribution in [-0.2, 0) is 49.0 Å². The second-order valence-electron chi connectivity index (χ2n) is 11.4. The molecule has 2 heterocycles. The Labute approximate surface area is 290 Å². The van der Waals surface area contributed by atoms with Crippen LogP contribution in [0.3, 0.4) is 0 Å². The molecule has 0 amide bonds. The topological polar surface area (TPSA) is 48.1 Å². The van der Waals surface area contributed by atoms with Crippen molar-refractivity contribution in [1.29, 1.82) is 0 Å². The second-order valence-corrected chi connectivity index (χ2v) is 11.6. The van der Waals surface area contributed by atoms with Crippen LogP contribution in [0.5, 0.6) is 0 Å². The average Bonchev–Trinajstić information content (AvgIpc) is 2.94. The number of pyridine rings is 2. The first-order valence-corrected chi connectivity index (χ1v) is 13.6. The van der Waals surface area contributed by atoms with Crippen LogP contribution in [0.2, 0.25) is 0 Å². The molecule has 2 aromatic heterocycles. The molecule has 3 nitrogen and oxygen atoms in total. The largest absolute Gasteiger partial charge is 2.00 e. The van der Waals surface area contributed by atoms with Gasteiger partial charge in [0.15, 0.2) is 0 Å². The zero-order chi connectivity index (χ0) is 31.1. The number of nitrogens with zero attached hydrogens (tertiary/aromatic N) is 3. The Kier molecular flexibility index (Phi) is 20.2. The van der Waals surface area contributed by atoms with Gasteiger partial charge in [-0.15, -0.1) is 35.4 Å². The molecule has 4 rings (SSSR count). The van der Waals surface area contributed by atoms with Crippen LogP contribution in [0.25, 0.3) is 16.8 Å². The summed E-state index contributed by atoms with van der Waals surface area (Å²) in [5.41, 5.74) is 8.81. The smallest absolute Gasteiger partial charge is 0.753 e. The van der Waals surface area contributed by atoms with Crippen molar-refractivity contribution in [2.45, 2.75) is 66.2 Å². The summed E-state index contributed by atoms with van der Waals surface area (Å²) in [5, 5.41) is 8.47. The molecule has 0 saturated carbocycles. The molecule has 0 aliphatic heterocycles. The van der Waals surface area contributed by atoms with Gasteiger partial charge in [-0.05, 0) is 60.1 Å². The van der Waals surface area contributed by atoms with Crippen molar-refractivity contribution in [3.8, 4) is 23.2 Å². The number of hydrogen-bond acceptors (Lipinski definition) is 3. The predicted molar refractivity (Wildman–Crippen MR) is 176 cm³/mol. The summed E-state index contributed by atoms with van der Waals surface area (Å²) in [4.78, 5) is 8.97. The quantitative estimate of drug-likeness (QED) is 0.0634. The van der Waals surface area contributed by atoms with E-state index in [1.807, 2.05) is 74.8 Å². The van der Waals surface area contributed by atoms with Crippen LogP contribution >= 0.6 is 12.2 Å². The van der Waals surface area contributed by atoms with Crippen LogP contribution in [0.15, 0.2) is 85.2 Å². The van der Waals surface area contributed by atoms with E-state index in [2.05, 4.69) is 99.8 Å². The molecule has 6 heteroatoms. The zero-order valence-electron chi connectivity index (χ0n) is 26.0. The summed E-state index contributed by atoms with van der Waals surface area (Å²) < 4.78 is 0. The van der Waals surface area contributed by atoms with E-state index in [4.69, 9.17) is 18.3 Å². The fourth-order valence-electron chi connectivity index (χ4n) is 3.35. The second kappa shape index (κ2) is 20.7. The van der Waals surface area contributed by atoms with Gasteiger partial charge >= 0.3 is 38.1 Å². The third kappa shape index (κ3) is 16.3. The molecular formula is C37H38CuN3PtS. The Morgan fingerprint density at radius 3 is 1.14 bits per heavy atom. The van der Waals surface area contributed by atoms with Gasteiger partial charge in [0.25, 0.3) is 0 Å². The Hall–Kier alpha value is -3.13. The molecule has 43 heavy (non-hydrogen) atoms. The van der Waals surface area contributed by atoms with Crippen LogP contribution in [0.4, 0.5) is 0 Å². The number of aryl methyl sites for hydroxylation is 2. The maximum atomic E-state index is 7.13. The number of isothiocyanates is 1. The molecule has 0 fully saturated rings. The van der Waals surface area contributed by atoms with Crippen molar-refractivity contribution >= 4 is 17.4 Å². The van der Waals surface area contributed by atoms with Gasteiger partial charge in [-0.2, -0.15) is 5.16 Å². The van der Waals surface area contributed by atoms with Gasteiger partial charge in [0.2, 0.25) is 0 Å².